The fourth-order valence-electron chi connectivity index (χ4n) is 2.12. The molecule has 1 aliphatic rings. The molecule has 1 unspecified atom stereocenters. The van der Waals surface area contributed by atoms with Crippen molar-refractivity contribution in [2.45, 2.75) is 52.6 Å². The van der Waals surface area contributed by atoms with Crippen LogP contribution in [0.4, 0.5) is 0 Å². The van der Waals surface area contributed by atoms with Crippen LogP contribution in [-0.4, -0.2) is 37.1 Å². The molecule has 1 fully saturated rings. The molecule has 1 atom stereocenters. The maximum atomic E-state index is 3.38. The summed E-state index contributed by atoms with van der Waals surface area (Å²) in [5.74, 6) is 0. The largest absolute Gasteiger partial charge is 0.317 e. The average Bonchev–Trinajstić information content (AvgIpc) is 2.15. The van der Waals surface area contributed by atoms with Crippen molar-refractivity contribution < 1.29 is 0 Å². The van der Waals surface area contributed by atoms with E-state index >= 15 is 0 Å². The van der Waals surface area contributed by atoms with Crippen LogP contribution in [0.2, 0.25) is 0 Å². The van der Waals surface area contributed by atoms with Crippen LogP contribution in [-0.2, 0) is 0 Å². The van der Waals surface area contributed by atoms with E-state index in [1.54, 1.807) is 0 Å². The number of likely N-dealkylation sites (tertiary alicyclic amines) is 1. The van der Waals surface area contributed by atoms with Crippen LogP contribution < -0.4 is 5.32 Å². The van der Waals surface area contributed by atoms with Crippen LogP contribution in [0.15, 0.2) is 0 Å². The van der Waals surface area contributed by atoms with Crippen molar-refractivity contribution >= 4 is 0 Å². The van der Waals surface area contributed by atoms with Crippen LogP contribution in [0.25, 0.3) is 0 Å². The quantitative estimate of drug-likeness (QED) is 0.731. The molecule has 84 valence electrons. The van der Waals surface area contributed by atoms with Crippen molar-refractivity contribution in [2.75, 3.05) is 20.1 Å². The fraction of sp³-hybridized carbons (Fsp3) is 1.00. The van der Waals surface area contributed by atoms with Crippen LogP contribution >= 0.6 is 0 Å². The van der Waals surface area contributed by atoms with Gasteiger partial charge >= 0.3 is 0 Å². The summed E-state index contributed by atoms with van der Waals surface area (Å²) >= 11 is 0. The van der Waals surface area contributed by atoms with E-state index in [1.807, 2.05) is 0 Å². The number of hydrogen-bond acceptors (Lipinski definition) is 2. The molecule has 0 bridgehead atoms. The Bertz CT molecular complexity index is 164. The normalized spacial score (nSPS) is 23.8. The van der Waals surface area contributed by atoms with Gasteiger partial charge < -0.3 is 10.2 Å². The third-order valence-electron chi connectivity index (χ3n) is 3.74. The molecule has 0 saturated carbocycles. The van der Waals surface area contributed by atoms with E-state index in [1.165, 1.54) is 25.9 Å². The molecular weight excluding hydrogens is 172 g/mol. The highest BCUT2D eigenvalue weighted by Crippen LogP contribution is 2.26. The Morgan fingerprint density at radius 2 is 1.71 bits per heavy atom. The predicted octanol–water partition coefficient (Wildman–Crippen LogP) is 2.10. The molecule has 1 aliphatic heterocycles. The molecule has 1 heterocycles. The zero-order valence-corrected chi connectivity index (χ0v) is 10.4. The van der Waals surface area contributed by atoms with Crippen molar-refractivity contribution in [2.24, 2.45) is 5.41 Å². The first-order valence-corrected chi connectivity index (χ1v) is 5.86. The summed E-state index contributed by atoms with van der Waals surface area (Å²) in [5.41, 5.74) is 0.409. The summed E-state index contributed by atoms with van der Waals surface area (Å²) in [6, 6.07) is 1.44. The molecule has 1 saturated heterocycles. The first-order chi connectivity index (χ1) is 6.45. The zero-order valence-electron chi connectivity index (χ0n) is 10.4. The molecule has 0 aromatic carbocycles. The van der Waals surface area contributed by atoms with Crippen molar-refractivity contribution in [3.63, 3.8) is 0 Å². The van der Waals surface area contributed by atoms with Gasteiger partial charge in [0, 0.05) is 12.1 Å². The van der Waals surface area contributed by atoms with Gasteiger partial charge in [0.1, 0.15) is 0 Å². The zero-order chi connectivity index (χ0) is 10.8. The topological polar surface area (TPSA) is 15.3 Å². The molecule has 14 heavy (non-hydrogen) atoms. The van der Waals surface area contributed by atoms with Crippen LogP contribution in [0.3, 0.4) is 0 Å². The van der Waals surface area contributed by atoms with Crippen LogP contribution in [0, 0.1) is 5.41 Å². The summed E-state index contributed by atoms with van der Waals surface area (Å²) in [6.45, 7) is 11.9. The minimum atomic E-state index is 0.409. The van der Waals surface area contributed by atoms with E-state index in [2.05, 4.69) is 45.0 Å². The highest BCUT2D eigenvalue weighted by molar-refractivity contribution is 4.84. The van der Waals surface area contributed by atoms with Gasteiger partial charge in [-0.25, -0.2) is 0 Å². The van der Waals surface area contributed by atoms with Gasteiger partial charge in [0.15, 0.2) is 0 Å². The van der Waals surface area contributed by atoms with Gasteiger partial charge in [0.25, 0.3) is 0 Å². The average molecular weight is 198 g/mol. The van der Waals surface area contributed by atoms with Gasteiger partial charge in [-0.3, -0.25) is 0 Å². The summed E-state index contributed by atoms with van der Waals surface area (Å²) in [4.78, 5) is 2.63. The number of nitrogens with zero attached hydrogens (tertiary/aromatic N) is 1. The van der Waals surface area contributed by atoms with Crippen LogP contribution in [0.1, 0.15) is 40.5 Å². The van der Waals surface area contributed by atoms with Crippen LogP contribution in [0.5, 0.6) is 0 Å². The van der Waals surface area contributed by atoms with Gasteiger partial charge in [-0.1, -0.05) is 20.8 Å². The smallest absolute Gasteiger partial charge is 0.0115 e. The maximum absolute atomic E-state index is 3.38. The molecule has 1 rings (SSSR count). The summed E-state index contributed by atoms with van der Waals surface area (Å²) in [6.07, 6.45) is 2.60. The number of piperidine rings is 1. The van der Waals surface area contributed by atoms with Gasteiger partial charge in [0.2, 0.25) is 0 Å². The summed E-state index contributed by atoms with van der Waals surface area (Å²) in [5, 5.41) is 3.38. The molecule has 0 aliphatic carbocycles. The molecule has 0 spiro atoms. The molecule has 2 heteroatoms. The minimum Gasteiger partial charge on any atom is -0.317 e. The van der Waals surface area contributed by atoms with E-state index in [4.69, 9.17) is 0 Å². The number of hydrogen-bond donors (Lipinski definition) is 1. The molecule has 2 nitrogen and oxygen atoms in total. The van der Waals surface area contributed by atoms with Gasteiger partial charge in [0.05, 0.1) is 0 Å². The van der Waals surface area contributed by atoms with E-state index in [9.17, 15) is 0 Å². The molecular formula is C12H26N2. The second-order valence-corrected chi connectivity index (χ2v) is 5.64. The van der Waals surface area contributed by atoms with Gasteiger partial charge in [-0.15, -0.1) is 0 Å². The van der Waals surface area contributed by atoms with Gasteiger partial charge in [-0.2, -0.15) is 0 Å². The van der Waals surface area contributed by atoms with E-state index in [0.29, 0.717) is 11.5 Å². The Labute approximate surface area is 89.1 Å². The van der Waals surface area contributed by atoms with Crippen molar-refractivity contribution in [1.82, 2.24) is 10.2 Å². The Hall–Kier alpha value is -0.0800. The summed E-state index contributed by atoms with van der Waals surface area (Å²) < 4.78 is 0. The van der Waals surface area contributed by atoms with Gasteiger partial charge in [-0.05, 0) is 45.3 Å². The first-order valence-electron chi connectivity index (χ1n) is 5.86. The number of nitrogens with one attached hydrogen (secondary N) is 1. The molecule has 0 aromatic rings. The lowest BCUT2D eigenvalue weighted by atomic mass is 9.85. The molecule has 0 aromatic heterocycles. The Balaban J connectivity index is 2.42. The van der Waals surface area contributed by atoms with Crippen molar-refractivity contribution in [3.05, 3.63) is 0 Å². The Morgan fingerprint density at radius 3 is 2.07 bits per heavy atom. The van der Waals surface area contributed by atoms with E-state index < -0.39 is 0 Å². The maximum Gasteiger partial charge on any atom is 0.0115 e. The fourth-order valence-corrected chi connectivity index (χ4v) is 2.12. The summed E-state index contributed by atoms with van der Waals surface area (Å²) in [7, 11) is 2.08. The minimum absolute atomic E-state index is 0.409. The Kier molecular flexibility index (Phi) is 3.96. The SMILES string of the molecule is CNC1CCN(C(C)C(C)(C)C)CC1. The highest BCUT2D eigenvalue weighted by atomic mass is 15.2. The second kappa shape index (κ2) is 4.63. The first kappa shape index (κ1) is 12.0. The standard InChI is InChI=1S/C12H26N2/c1-10(12(2,3)4)14-8-6-11(13-5)7-9-14/h10-11,13H,6-9H2,1-5H3. The lowest BCUT2D eigenvalue weighted by molar-refractivity contribution is 0.0833. The number of rotatable bonds is 2. The highest BCUT2D eigenvalue weighted by Gasteiger charge is 2.28. The third kappa shape index (κ3) is 2.96. The second-order valence-electron chi connectivity index (χ2n) is 5.64. The van der Waals surface area contributed by atoms with Crippen molar-refractivity contribution in [1.29, 1.82) is 0 Å². The molecule has 1 N–H and O–H groups in total. The van der Waals surface area contributed by atoms with E-state index in [-0.39, 0.29) is 0 Å². The Morgan fingerprint density at radius 1 is 1.21 bits per heavy atom. The lowest BCUT2D eigenvalue weighted by Gasteiger charge is -2.41. The monoisotopic (exact) mass is 198 g/mol. The molecule has 0 radical (unpaired) electrons. The lowest BCUT2D eigenvalue weighted by Crippen LogP contribution is -2.49. The molecule has 0 amide bonds. The third-order valence-corrected chi connectivity index (χ3v) is 3.74. The van der Waals surface area contributed by atoms with Crippen molar-refractivity contribution in [3.8, 4) is 0 Å². The predicted molar refractivity (Wildman–Crippen MR) is 62.6 cm³/mol. The van der Waals surface area contributed by atoms with E-state index in [0.717, 1.165) is 6.04 Å².